The smallest absolute Gasteiger partial charge is 0.124 e. The predicted octanol–water partition coefficient (Wildman–Crippen LogP) is 4.12. The molecule has 4 rings (SSSR count). The van der Waals surface area contributed by atoms with Gasteiger partial charge in [-0.15, -0.1) is 27.8 Å². The van der Waals surface area contributed by atoms with Crippen molar-refractivity contribution in [3.05, 3.63) is 22.9 Å². The van der Waals surface area contributed by atoms with Gasteiger partial charge < -0.3 is 0 Å². The second kappa shape index (κ2) is 2.75. The molecule has 3 heterocycles. The summed E-state index contributed by atoms with van der Waals surface area (Å²) in [6.45, 7) is 0. The lowest BCUT2D eigenvalue weighted by Crippen LogP contribution is -1.70. The topological polar surface area (TPSA) is 25.8 Å². The summed E-state index contributed by atoms with van der Waals surface area (Å²) in [6.07, 6.45) is 0. The van der Waals surface area contributed by atoms with Crippen molar-refractivity contribution in [1.82, 2.24) is 9.59 Å². The Labute approximate surface area is 96.9 Å². The highest BCUT2D eigenvalue weighted by Crippen LogP contribution is 2.40. The van der Waals surface area contributed by atoms with E-state index in [0.717, 1.165) is 5.52 Å². The maximum Gasteiger partial charge on any atom is 0.124 e. The van der Waals surface area contributed by atoms with Gasteiger partial charge in [-0.3, -0.25) is 0 Å². The molecule has 0 saturated carbocycles. The quantitative estimate of drug-likeness (QED) is 0.468. The lowest BCUT2D eigenvalue weighted by Gasteiger charge is -1.94. The summed E-state index contributed by atoms with van der Waals surface area (Å²) in [5.74, 6) is 0. The van der Waals surface area contributed by atoms with Gasteiger partial charge in [0.05, 0.1) is 9.40 Å². The summed E-state index contributed by atoms with van der Waals surface area (Å²) in [6, 6.07) is 4.34. The van der Waals surface area contributed by atoms with E-state index in [1.165, 1.54) is 36.4 Å². The molecular formula is C10H4N2S3. The van der Waals surface area contributed by atoms with Crippen LogP contribution >= 0.6 is 34.2 Å². The lowest BCUT2D eigenvalue weighted by molar-refractivity contribution is 1.21. The Morgan fingerprint density at radius 2 is 1.60 bits per heavy atom. The van der Waals surface area contributed by atoms with Crippen LogP contribution in [0.3, 0.4) is 0 Å². The Kier molecular flexibility index (Phi) is 1.49. The summed E-state index contributed by atoms with van der Waals surface area (Å²) in [7, 11) is 0. The van der Waals surface area contributed by atoms with E-state index in [-0.39, 0.29) is 0 Å². The number of aromatic nitrogens is 2. The minimum absolute atomic E-state index is 1.07. The molecule has 1 aromatic carbocycles. The molecule has 0 N–H and O–H groups in total. The van der Waals surface area contributed by atoms with Crippen molar-refractivity contribution in [2.45, 2.75) is 0 Å². The van der Waals surface area contributed by atoms with Crippen molar-refractivity contribution in [2.24, 2.45) is 0 Å². The van der Waals surface area contributed by atoms with Gasteiger partial charge in [-0.1, -0.05) is 4.49 Å². The van der Waals surface area contributed by atoms with Crippen molar-refractivity contribution < 1.29 is 0 Å². The molecule has 0 aliphatic heterocycles. The van der Waals surface area contributed by atoms with Gasteiger partial charge in [-0.05, 0) is 34.4 Å². The molecule has 0 aliphatic rings. The number of thiophene rings is 2. The molecule has 72 valence electrons. The normalized spacial score (nSPS) is 12.0. The zero-order chi connectivity index (χ0) is 9.83. The Balaban J connectivity index is 2.56. The summed E-state index contributed by atoms with van der Waals surface area (Å²) < 4.78 is 7.92. The first-order valence-electron chi connectivity index (χ1n) is 4.43. The third-order valence-electron chi connectivity index (χ3n) is 2.52. The standard InChI is InChI=1S/C10H4N2S3/c1-4-14-9-5(1)8-6(2-3-13-8)10-7(9)11-12-15-10/h1-4H. The van der Waals surface area contributed by atoms with Crippen LogP contribution in [-0.2, 0) is 0 Å². The van der Waals surface area contributed by atoms with Gasteiger partial charge in [0.2, 0.25) is 0 Å². The van der Waals surface area contributed by atoms with Crippen LogP contribution in [-0.4, -0.2) is 9.59 Å². The molecule has 0 saturated heterocycles. The van der Waals surface area contributed by atoms with Gasteiger partial charge in [0.1, 0.15) is 5.52 Å². The molecule has 5 heteroatoms. The number of fused-ring (bicyclic) bond motifs is 6. The van der Waals surface area contributed by atoms with E-state index in [1.807, 2.05) is 0 Å². The molecule has 4 aromatic rings. The highest BCUT2D eigenvalue weighted by Gasteiger charge is 2.12. The van der Waals surface area contributed by atoms with Crippen molar-refractivity contribution in [2.75, 3.05) is 0 Å². The lowest BCUT2D eigenvalue weighted by atomic mass is 10.2. The van der Waals surface area contributed by atoms with Crippen molar-refractivity contribution in [3.8, 4) is 0 Å². The molecule has 0 radical (unpaired) electrons. The Morgan fingerprint density at radius 3 is 2.47 bits per heavy atom. The number of rotatable bonds is 0. The third kappa shape index (κ3) is 0.928. The fraction of sp³-hybridized carbons (Fsp3) is 0. The number of hydrogen-bond donors (Lipinski definition) is 0. The van der Waals surface area contributed by atoms with Crippen LogP contribution in [0.1, 0.15) is 0 Å². The molecular weight excluding hydrogens is 244 g/mol. The molecule has 0 spiro atoms. The molecule has 2 nitrogen and oxygen atoms in total. The van der Waals surface area contributed by atoms with Crippen LogP contribution in [0, 0.1) is 0 Å². The summed E-state index contributed by atoms with van der Waals surface area (Å²) >= 11 is 5.04. The van der Waals surface area contributed by atoms with Crippen molar-refractivity contribution in [1.29, 1.82) is 0 Å². The van der Waals surface area contributed by atoms with E-state index < -0.39 is 0 Å². The maximum absolute atomic E-state index is 4.23. The van der Waals surface area contributed by atoms with Crippen LogP contribution in [0.5, 0.6) is 0 Å². The summed E-state index contributed by atoms with van der Waals surface area (Å²) in [5, 5.41) is 11.1. The second-order valence-electron chi connectivity index (χ2n) is 3.28. The average Bonchev–Trinajstić information content (AvgIpc) is 2.97. The van der Waals surface area contributed by atoms with E-state index in [2.05, 4.69) is 32.5 Å². The van der Waals surface area contributed by atoms with E-state index in [4.69, 9.17) is 0 Å². The molecule has 0 atom stereocenters. The first-order chi connectivity index (χ1) is 7.45. The molecule has 0 bridgehead atoms. The van der Waals surface area contributed by atoms with Crippen LogP contribution in [0.2, 0.25) is 0 Å². The maximum atomic E-state index is 4.23. The van der Waals surface area contributed by atoms with Crippen molar-refractivity contribution in [3.63, 3.8) is 0 Å². The highest BCUT2D eigenvalue weighted by molar-refractivity contribution is 7.24. The van der Waals surface area contributed by atoms with E-state index in [0.29, 0.717) is 0 Å². The van der Waals surface area contributed by atoms with E-state index in [9.17, 15) is 0 Å². The summed E-state index contributed by atoms with van der Waals surface area (Å²) in [5.41, 5.74) is 1.07. The van der Waals surface area contributed by atoms with Crippen LogP contribution in [0.15, 0.2) is 22.9 Å². The molecule has 0 unspecified atom stereocenters. The fourth-order valence-corrected chi connectivity index (χ4v) is 4.61. The number of nitrogens with zero attached hydrogens (tertiary/aromatic N) is 2. The van der Waals surface area contributed by atoms with E-state index >= 15 is 0 Å². The van der Waals surface area contributed by atoms with Gasteiger partial charge in [0.15, 0.2) is 0 Å². The molecule has 3 aromatic heterocycles. The van der Waals surface area contributed by atoms with Crippen LogP contribution in [0.25, 0.3) is 30.4 Å². The average molecular weight is 248 g/mol. The Hall–Kier alpha value is -1.04. The van der Waals surface area contributed by atoms with Gasteiger partial charge in [-0.2, -0.15) is 0 Å². The third-order valence-corrected chi connectivity index (χ3v) is 5.15. The minimum Gasteiger partial charge on any atom is -0.143 e. The molecule has 15 heavy (non-hydrogen) atoms. The zero-order valence-electron chi connectivity index (χ0n) is 7.43. The summed E-state index contributed by atoms with van der Waals surface area (Å²) in [4.78, 5) is 0. The minimum atomic E-state index is 1.07. The Morgan fingerprint density at radius 1 is 0.867 bits per heavy atom. The van der Waals surface area contributed by atoms with Crippen molar-refractivity contribution >= 4 is 64.6 Å². The largest absolute Gasteiger partial charge is 0.143 e. The van der Waals surface area contributed by atoms with Gasteiger partial charge in [-0.25, -0.2) is 0 Å². The monoisotopic (exact) mass is 248 g/mol. The fourth-order valence-electron chi connectivity index (χ4n) is 1.88. The predicted molar refractivity (Wildman–Crippen MR) is 68.2 cm³/mol. The highest BCUT2D eigenvalue weighted by atomic mass is 32.1. The molecule has 0 amide bonds. The molecule has 0 aliphatic carbocycles. The Bertz CT molecular complexity index is 583. The molecule has 0 fully saturated rings. The van der Waals surface area contributed by atoms with Crippen LogP contribution in [0.4, 0.5) is 0 Å². The zero-order valence-corrected chi connectivity index (χ0v) is 9.88. The van der Waals surface area contributed by atoms with Gasteiger partial charge in [0, 0.05) is 15.5 Å². The SMILES string of the molecule is c1cc2c(s1)c1ccsc1c1nnsc21. The van der Waals surface area contributed by atoms with Gasteiger partial charge >= 0.3 is 0 Å². The van der Waals surface area contributed by atoms with E-state index in [1.54, 1.807) is 22.7 Å². The van der Waals surface area contributed by atoms with Crippen LogP contribution < -0.4 is 0 Å². The number of hydrogen-bond acceptors (Lipinski definition) is 5. The first kappa shape index (κ1) is 8.15. The first-order valence-corrected chi connectivity index (χ1v) is 6.97. The number of benzene rings is 1. The van der Waals surface area contributed by atoms with Gasteiger partial charge in [0.25, 0.3) is 0 Å². The second-order valence-corrected chi connectivity index (χ2v) is 5.86.